The Hall–Kier alpha value is -8.43. The number of thiocarbonyl (C=S) groups is 7. The van der Waals surface area contributed by atoms with Gasteiger partial charge < -0.3 is 90.4 Å². The number of alkyl halides is 1. The highest BCUT2D eigenvalue weighted by atomic mass is 79.9. The maximum Gasteiger partial charge on any atom is 0.332 e. The minimum absolute atomic E-state index is 0.00289. The summed E-state index contributed by atoms with van der Waals surface area (Å²) in [6.45, 7) is 7.56. The number of carbonyl (C=O) groups is 14. The standard InChI is InChI=1S/C14H20N2O4S.C14H16N2O4S.C13H20N2O4S.C12H20N2O6S.C12H18N2O5S.C9H14N2O5S.C8H11BrN2O4S/c2*1-3-5-14(6-4-2)11(19)15(7-9-17)13(21)16(8-10-18)12(14)20;16-7-5-14-11(18)10(9-3-1-2-4-9)12(19)15(6-8-17)13(14)20;1-3-19-12(20-4-2)9(17)13(5-7-15)11(21)14(6-8-16)10(12)18;15-5-3-13-9(17)12(1-7-19-8-2-12)10(18)14(4-6-16)11(13)20;1-16-6-7(14)10(2-4-12)9(17)11(3-5-13)8(6)15;9-5-6(14)10(1-3-12)8(16)11(2-4-13)7(5)15/h3-4,17-18H,1-2,5-10H2;1-2,17-18H,5-10H2;9-10,16-17H,1-8H2;15-16H,3-8H2,1-2H3;15-16H,1-8H2;6,12-13H,2-5H2,1H3;5,12-13H,1-4H2. The zero-order valence-electron chi connectivity index (χ0n) is 75.3. The predicted octanol–water partition coefficient (Wildman–Crippen LogP) is -7.19. The van der Waals surface area contributed by atoms with Gasteiger partial charge in [-0.3, -0.25) is 136 Å². The molecule has 1 aliphatic carbocycles. The Labute approximate surface area is 831 Å². The average molecular weight is 2120 g/mol. The monoisotopic (exact) mass is 2110 g/mol. The second-order valence-electron chi connectivity index (χ2n) is 29.8. The van der Waals surface area contributed by atoms with Crippen LogP contribution < -0.4 is 0 Å². The van der Waals surface area contributed by atoms with Crippen molar-refractivity contribution in [2.45, 2.75) is 94.8 Å². The molecule has 0 aromatic rings. The number of halogens is 1. The Kier molecular flexibility index (Phi) is 53.6. The molecular weight excluding hydrogens is 2000 g/mol. The fraction of sp³-hybridized carbons (Fsp3) is 0.646. The summed E-state index contributed by atoms with van der Waals surface area (Å²) in [6, 6.07) is 0. The van der Waals surface area contributed by atoms with Gasteiger partial charge in [-0.2, -0.15) is 0 Å². The lowest BCUT2D eigenvalue weighted by Gasteiger charge is -2.47. The number of methoxy groups -OCH3 is 1. The van der Waals surface area contributed by atoms with Gasteiger partial charge >= 0.3 is 5.79 Å². The molecule has 1 saturated carbocycles. The molecule has 9 aliphatic rings. The van der Waals surface area contributed by atoms with Crippen molar-refractivity contribution in [3.05, 3.63) is 25.3 Å². The normalized spacial score (nSPS) is 19.5. The molecule has 54 heteroatoms. The number of β-amino-alcohol motifs (C(OH)–C–C–N with tert-alkyl or cyclic N) is 14. The Bertz CT molecular complexity index is 4170. The number of amides is 14. The minimum Gasteiger partial charge on any atom is -0.395 e. The first kappa shape index (κ1) is 122. The molecule has 1 spiro atoms. The highest BCUT2D eigenvalue weighted by Gasteiger charge is 2.61. The molecule has 0 unspecified atom stereocenters. The number of terminal acetylenes is 2. The molecule has 0 radical (unpaired) electrons. The molecule has 0 bridgehead atoms. The molecule has 0 atom stereocenters. The van der Waals surface area contributed by atoms with E-state index in [1.54, 1.807) is 13.8 Å². The largest absolute Gasteiger partial charge is 0.395 e. The summed E-state index contributed by atoms with van der Waals surface area (Å²) in [5, 5.41) is 126. The van der Waals surface area contributed by atoms with Gasteiger partial charge in [0.25, 0.3) is 35.4 Å². The number of ether oxygens (including phenoxy) is 4. The first-order valence-corrected chi connectivity index (χ1v) is 46.4. The molecule has 9 fully saturated rings. The van der Waals surface area contributed by atoms with Gasteiger partial charge in [-0.05, 0) is 144 Å². The van der Waals surface area contributed by atoms with Gasteiger partial charge in [0.15, 0.2) is 46.0 Å². The molecule has 758 valence electrons. The molecule has 14 N–H and O–H groups in total. The summed E-state index contributed by atoms with van der Waals surface area (Å²) in [4.78, 5) is 188. The third-order valence-corrected chi connectivity index (χ3v) is 25.6. The number of nitrogens with zero attached hydrogens (tertiary/aromatic N) is 14. The third kappa shape index (κ3) is 27.8. The quantitative estimate of drug-likeness (QED) is 0.00677. The summed E-state index contributed by atoms with van der Waals surface area (Å²) in [7, 11) is 1.24. The average Bonchev–Trinajstić information content (AvgIpc) is 0.818. The molecule has 8 aliphatic heterocycles. The maximum absolute atomic E-state index is 12.7. The maximum atomic E-state index is 12.7. The Morgan fingerprint density at radius 3 is 0.838 bits per heavy atom. The van der Waals surface area contributed by atoms with E-state index in [0.29, 0.717) is 26.1 Å². The molecule has 136 heavy (non-hydrogen) atoms. The molecule has 9 rings (SSSR count). The molecule has 8 saturated heterocycles. The number of carbonyl (C=O) groups excluding carboxylic acids is 14. The van der Waals surface area contributed by atoms with Crippen LogP contribution in [0.5, 0.6) is 0 Å². The van der Waals surface area contributed by atoms with Crippen molar-refractivity contribution in [1.29, 1.82) is 0 Å². The minimum atomic E-state index is -2.11. The Balaban J connectivity index is 0.000000409. The van der Waals surface area contributed by atoms with Gasteiger partial charge in [-0.15, -0.1) is 37.8 Å². The van der Waals surface area contributed by atoms with Crippen molar-refractivity contribution in [1.82, 2.24) is 68.6 Å². The molecular formula is C82H119BrN14O32S7. The highest BCUT2D eigenvalue weighted by Crippen LogP contribution is 2.42. The van der Waals surface area contributed by atoms with Crippen LogP contribution in [0.3, 0.4) is 0 Å². The van der Waals surface area contributed by atoms with Crippen molar-refractivity contribution < 1.29 is 158 Å². The van der Waals surface area contributed by atoms with Crippen LogP contribution in [-0.2, 0) is 86.1 Å². The van der Waals surface area contributed by atoms with Crippen LogP contribution in [0.25, 0.3) is 0 Å². The lowest BCUT2D eigenvalue weighted by Crippen LogP contribution is -2.71. The topological polar surface area (TPSA) is 604 Å². The van der Waals surface area contributed by atoms with Gasteiger partial charge in [0.2, 0.25) is 53.4 Å². The first-order chi connectivity index (χ1) is 64.8. The van der Waals surface area contributed by atoms with E-state index >= 15 is 0 Å². The van der Waals surface area contributed by atoms with Crippen molar-refractivity contribution in [2.75, 3.05) is 218 Å². The van der Waals surface area contributed by atoms with Crippen LogP contribution in [0.1, 0.15) is 78.1 Å². The van der Waals surface area contributed by atoms with E-state index in [1.807, 2.05) is 0 Å². The Morgan fingerprint density at radius 2 is 0.596 bits per heavy atom. The van der Waals surface area contributed by atoms with Crippen LogP contribution in [0, 0.1) is 52.8 Å². The van der Waals surface area contributed by atoms with E-state index in [9.17, 15) is 67.1 Å². The van der Waals surface area contributed by atoms with Crippen molar-refractivity contribution in [3.63, 3.8) is 0 Å². The van der Waals surface area contributed by atoms with Gasteiger partial charge in [-0.1, -0.05) is 40.9 Å². The van der Waals surface area contributed by atoms with Crippen LogP contribution in [0.2, 0.25) is 0 Å². The van der Waals surface area contributed by atoms with E-state index in [0.717, 1.165) is 64.9 Å². The number of aliphatic hydroxyl groups is 14. The number of hydrogen-bond donors (Lipinski definition) is 14. The lowest BCUT2D eigenvalue weighted by molar-refractivity contribution is -0.237. The number of rotatable bonds is 40. The molecule has 8 heterocycles. The summed E-state index contributed by atoms with van der Waals surface area (Å²) in [5.41, 5.74) is -4.10. The molecule has 14 amide bonds. The zero-order chi connectivity index (χ0) is 103. The lowest BCUT2D eigenvalue weighted by atomic mass is 9.76. The fourth-order valence-corrected chi connectivity index (χ4v) is 18.3. The van der Waals surface area contributed by atoms with Crippen molar-refractivity contribution >= 4 is 220 Å². The first-order valence-electron chi connectivity index (χ1n) is 42.7. The second-order valence-corrected chi connectivity index (χ2v) is 33.3. The summed E-state index contributed by atoms with van der Waals surface area (Å²) in [6.07, 6.45) is 16.7. The number of hydrogen-bond acceptors (Lipinski definition) is 39. The van der Waals surface area contributed by atoms with Gasteiger partial charge in [-0.25, -0.2) is 0 Å². The second kappa shape index (κ2) is 59.9. The molecule has 0 aromatic heterocycles. The van der Waals surface area contributed by atoms with E-state index in [1.165, 1.54) is 48.7 Å². The van der Waals surface area contributed by atoms with Crippen LogP contribution in [-0.4, -0.2) is 493 Å². The highest BCUT2D eigenvalue weighted by molar-refractivity contribution is 9.10. The number of aliphatic hydroxyl groups excluding tert-OH is 14. The molecule has 0 aromatic carbocycles. The van der Waals surface area contributed by atoms with Crippen LogP contribution in [0.4, 0.5) is 0 Å². The third-order valence-electron chi connectivity index (χ3n) is 21.7. The summed E-state index contributed by atoms with van der Waals surface area (Å²) < 4.78 is 20.7. The smallest absolute Gasteiger partial charge is 0.332 e. The van der Waals surface area contributed by atoms with Gasteiger partial charge in [0, 0.05) is 46.4 Å². The zero-order valence-corrected chi connectivity index (χ0v) is 82.6. The Morgan fingerprint density at radius 1 is 0.368 bits per heavy atom. The van der Waals surface area contributed by atoms with E-state index < -0.39 is 98.0 Å². The SMILES string of the molecule is C#CCC1(CC#C)C(=O)N(CCO)C(=S)N(CCO)C1=O.C=CCC1(CC=C)C(=O)N(CCO)C(=S)N(CCO)C1=O.CCOC1(OCC)C(=O)N(CCO)C(=S)N(CCO)C1=O.COC1C(=O)N(CCO)C(=S)N(CCO)C1=O.O=C1C(Br)C(=O)N(CCO)C(=S)N1CCO.O=C1C(C2CCCC2)C(=O)N(CCO)C(=S)N1CCO.O=C1N(CCO)C(=S)N(CCO)C(=O)C12CCOCC2. The number of allylic oxidation sites excluding steroid dienone is 2. The fourth-order valence-electron chi connectivity index (χ4n) is 15.4. The summed E-state index contributed by atoms with van der Waals surface area (Å²) >= 11 is 38.5. The van der Waals surface area contributed by atoms with E-state index in [4.69, 9.17) is 189 Å². The predicted molar refractivity (Wildman–Crippen MR) is 510 cm³/mol. The van der Waals surface area contributed by atoms with Crippen molar-refractivity contribution in [3.8, 4) is 24.7 Å². The van der Waals surface area contributed by atoms with Gasteiger partial charge in [0.05, 0.1) is 184 Å². The molecule has 46 nitrogen and oxygen atoms in total. The van der Waals surface area contributed by atoms with Crippen LogP contribution >= 0.6 is 101 Å². The van der Waals surface area contributed by atoms with Crippen molar-refractivity contribution in [2.24, 2.45) is 28.1 Å². The van der Waals surface area contributed by atoms with Crippen LogP contribution in [0.15, 0.2) is 25.3 Å². The van der Waals surface area contributed by atoms with E-state index in [2.05, 4.69) is 40.9 Å². The van der Waals surface area contributed by atoms with Gasteiger partial charge in [0.1, 0.15) is 16.7 Å². The summed E-state index contributed by atoms with van der Waals surface area (Å²) in [5.74, 6) is -5.27. The van der Waals surface area contributed by atoms with E-state index in [-0.39, 0.29) is 288 Å².